The molecule has 0 saturated carbocycles. The van der Waals surface area contributed by atoms with E-state index in [0.717, 1.165) is 12.1 Å². The summed E-state index contributed by atoms with van der Waals surface area (Å²) in [7, 11) is -3.94. The molecule has 0 amide bonds. The Morgan fingerprint density at radius 2 is 1.95 bits per heavy atom. The summed E-state index contributed by atoms with van der Waals surface area (Å²) in [5.41, 5.74) is 1.17. The summed E-state index contributed by atoms with van der Waals surface area (Å²) in [4.78, 5) is -0.344. The van der Waals surface area contributed by atoms with Gasteiger partial charge in [-0.3, -0.25) is 0 Å². The molecular weight excluding hydrogens is 290 g/mol. The largest absolute Gasteiger partial charge is 0.361 e. The highest BCUT2D eigenvalue weighted by atomic mass is 32.2. The summed E-state index contributed by atoms with van der Waals surface area (Å²) in [5, 5.41) is 3.70. The van der Waals surface area contributed by atoms with Gasteiger partial charge >= 0.3 is 0 Å². The van der Waals surface area contributed by atoms with Gasteiger partial charge in [-0.15, -0.1) is 0 Å². The van der Waals surface area contributed by atoms with Crippen molar-refractivity contribution in [2.45, 2.75) is 25.3 Å². The first-order valence-corrected chi connectivity index (χ1v) is 7.16. The van der Waals surface area contributed by atoms with E-state index in [1.807, 2.05) is 0 Å². The van der Waals surface area contributed by atoms with E-state index in [-0.39, 0.29) is 11.4 Å². The van der Waals surface area contributed by atoms with Crippen LogP contribution in [0.5, 0.6) is 0 Å². The standard InChI is InChI=1S/C12H12F2N2O3S/c1-7-10(8(2)19-16-7)6-15-20(17,18)9-3-4-11(13)12(14)5-9/h3-5,15H,6H2,1-2H3. The van der Waals surface area contributed by atoms with Crippen molar-refractivity contribution < 1.29 is 21.7 Å². The maximum atomic E-state index is 13.1. The van der Waals surface area contributed by atoms with Crippen molar-refractivity contribution >= 4 is 10.0 Å². The molecule has 0 bridgehead atoms. The van der Waals surface area contributed by atoms with Crippen LogP contribution in [0.4, 0.5) is 8.78 Å². The summed E-state index contributed by atoms with van der Waals surface area (Å²) >= 11 is 0. The number of halogens is 2. The van der Waals surface area contributed by atoms with Gasteiger partial charge in [-0.25, -0.2) is 21.9 Å². The molecule has 0 aliphatic rings. The zero-order valence-electron chi connectivity index (χ0n) is 10.8. The van der Waals surface area contributed by atoms with Crippen molar-refractivity contribution in [2.75, 3.05) is 0 Å². The van der Waals surface area contributed by atoms with Crippen LogP contribution in [-0.4, -0.2) is 13.6 Å². The molecule has 20 heavy (non-hydrogen) atoms. The van der Waals surface area contributed by atoms with Crippen LogP contribution < -0.4 is 4.72 Å². The van der Waals surface area contributed by atoms with E-state index in [1.165, 1.54) is 0 Å². The highest BCUT2D eigenvalue weighted by Crippen LogP contribution is 2.16. The molecule has 0 radical (unpaired) electrons. The number of hydrogen-bond acceptors (Lipinski definition) is 4. The van der Waals surface area contributed by atoms with Crippen molar-refractivity contribution in [3.05, 3.63) is 46.9 Å². The van der Waals surface area contributed by atoms with E-state index < -0.39 is 21.7 Å². The molecule has 0 saturated heterocycles. The Balaban J connectivity index is 2.21. The highest BCUT2D eigenvalue weighted by Gasteiger charge is 2.18. The van der Waals surface area contributed by atoms with Crippen molar-refractivity contribution in [1.82, 2.24) is 9.88 Å². The number of benzene rings is 1. The predicted molar refractivity (Wildman–Crippen MR) is 66.4 cm³/mol. The first-order valence-electron chi connectivity index (χ1n) is 5.67. The van der Waals surface area contributed by atoms with Crippen molar-refractivity contribution in [1.29, 1.82) is 0 Å². The molecule has 108 valence electrons. The number of rotatable bonds is 4. The Morgan fingerprint density at radius 1 is 1.25 bits per heavy atom. The van der Waals surface area contributed by atoms with Crippen LogP contribution >= 0.6 is 0 Å². The molecule has 1 heterocycles. The van der Waals surface area contributed by atoms with Crippen molar-refractivity contribution in [3.63, 3.8) is 0 Å². The molecule has 0 aliphatic carbocycles. The quantitative estimate of drug-likeness (QED) is 0.938. The van der Waals surface area contributed by atoms with E-state index >= 15 is 0 Å². The van der Waals surface area contributed by atoms with Crippen LogP contribution in [0.25, 0.3) is 0 Å². The van der Waals surface area contributed by atoms with Gasteiger partial charge < -0.3 is 4.52 Å². The van der Waals surface area contributed by atoms with Crippen molar-refractivity contribution in [3.8, 4) is 0 Å². The third kappa shape index (κ3) is 2.86. The molecule has 2 aromatic rings. The topological polar surface area (TPSA) is 72.2 Å². The Bertz CT molecular complexity index is 722. The molecule has 0 spiro atoms. The third-order valence-corrected chi connectivity index (χ3v) is 4.22. The van der Waals surface area contributed by atoms with Crippen LogP contribution in [0.3, 0.4) is 0 Å². The number of nitrogens with one attached hydrogen (secondary N) is 1. The van der Waals surface area contributed by atoms with Crippen LogP contribution in [0.1, 0.15) is 17.0 Å². The van der Waals surface area contributed by atoms with Gasteiger partial charge in [-0.05, 0) is 32.0 Å². The first-order chi connectivity index (χ1) is 9.31. The normalized spacial score (nSPS) is 11.8. The number of hydrogen-bond donors (Lipinski definition) is 1. The van der Waals surface area contributed by atoms with Gasteiger partial charge in [0.25, 0.3) is 0 Å². The summed E-state index contributed by atoms with van der Waals surface area (Å²) in [6.07, 6.45) is 0. The molecule has 8 heteroatoms. The second-order valence-corrected chi connectivity index (χ2v) is 5.97. The first kappa shape index (κ1) is 14.6. The third-order valence-electron chi connectivity index (χ3n) is 2.82. The van der Waals surface area contributed by atoms with Gasteiger partial charge in [-0.2, -0.15) is 0 Å². The molecule has 0 unspecified atom stereocenters. The zero-order valence-corrected chi connectivity index (χ0v) is 11.6. The summed E-state index contributed by atoms with van der Waals surface area (Å²) in [6.45, 7) is 3.29. The minimum Gasteiger partial charge on any atom is -0.361 e. The van der Waals surface area contributed by atoms with E-state index in [1.54, 1.807) is 13.8 Å². The fourth-order valence-corrected chi connectivity index (χ4v) is 2.66. The van der Waals surface area contributed by atoms with Crippen LogP contribution in [0.2, 0.25) is 0 Å². The van der Waals surface area contributed by atoms with Gasteiger partial charge in [0.1, 0.15) is 5.76 Å². The molecule has 1 aromatic carbocycles. The number of sulfonamides is 1. The fraction of sp³-hybridized carbons (Fsp3) is 0.250. The number of aromatic nitrogens is 1. The number of aryl methyl sites for hydroxylation is 2. The second kappa shape index (κ2) is 5.29. The van der Waals surface area contributed by atoms with E-state index in [4.69, 9.17) is 4.52 Å². The molecule has 0 fully saturated rings. The molecule has 1 N–H and O–H groups in total. The Hall–Kier alpha value is -1.80. The molecule has 5 nitrogen and oxygen atoms in total. The predicted octanol–water partition coefficient (Wildman–Crippen LogP) is 2.05. The molecule has 2 rings (SSSR count). The summed E-state index contributed by atoms with van der Waals surface area (Å²) in [5.74, 6) is -1.82. The fourth-order valence-electron chi connectivity index (χ4n) is 1.65. The lowest BCUT2D eigenvalue weighted by Crippen LogP contribution is -2.24. The lowest BCUT2D eigenvalue weighted by Gasteiger charge is -2.06. The molecule has 1 aromatic heterocycles. The van der Waals surface area contributed by atoms with E-state index in [0.29, 0.717) is 23.1 Å². The Kier molecular flexibility index (Phi) is 3.87. The lowest BCUT2D eigenvalue weighted by molar-refractivity contribution is 0.392. The summed E-state index contributed by atoms with van der Waals surface area (Å²) in [6, 6.07) is 2.39. The van der Waals surface area contributed by atoms with Gasteiger partial charge in [-0.1, -0.05) is 5.16 Å². The average Bonchev–Trinajstić information content (AvgIpc) is 2.70. The van der Waals surface area contributed by atoms with Gasteiger partial charge in [0.05, 0.1) is 10.6 Å². The second-order valence-electron chi connectivity index (χ2n) is 4.20. The molecular formula is C12H12F2N2O3S. The SMILES string of the molecule is Cc1noc(C)c1CNS(=O)(=O)c1ccc(F)c(F)c1. The molecule has 0 atom stereocenters. The van der Waals surface area contributed by atoms with Gasteiger partial charge in [0.15, 0.2) is 11.6 Å². The summed E-state index contributed by atoms with van der Waals surface area (Å²) < 4.78 is 57.0. The Morgan fingerprint density at radius 3 is 2.50 bits per heavy atom. The van der Waals surface area contributed by atoms with Crippen LogP contribution in [0.15, 0.2) is 27.6 Å². The van der Waals surface area contributed by atoms with E-state index in [2.05, 4.69) is 9.88 Å². The van der Waals surface area contributed by atoms with E-state index in [9.17, 15) is 17.2 Å². The average molecular weight is 302 g/mol. The number of nitrogens with zero attached hydrogens (tertiary/aromatic N) is 1. The smallest absolute Gasteiger partial charge is 0.240 e. The monoisotopic (exact) mass is 302 g/mol. The van der Waals surface area contributed by atoms with Gasteiger partial charge in [0.2, 0.25) is 10.0 Å². The minimum absolute atomic E-state index is 0.0392. The molecule has 0 aliphatic heterocycles. The minimum atomic E-state index is -3.94. The maximum Gasteiger partial charge on any atom is 0.240 e. The maximum absolute atomic E-state index is 13.1. The lowest BCUT2D eigenvalue weighted by atomic mass is 10.2. The highest BCUT2D eigenvalue weighted by molar-refractivity contribution is 7.89. The van der Waals surface area contributed by atoms with Crippen molar-refractivity contribution in [2.24, 2.45) is 0 Å². The van der Waals surface area contributed by atoms with Crippen LogP contribution in [-0.2, 0) is 16.6 Å². The van der Waals surface area contributed by atoms with Crippen LogP contribution in [0, 0.1) is 25.5 Å². The Labute approximate surface area is 114 Å². The van der Waals surface area contributed by atoms with Gasteiger partial charge in [0, 0.05) is 12.1 Å². The zero-order chi connectivity index (χ0) is 14.9.